The van der Waals surface area contributed by atoms with Crippen molar-refractivity contribution in [1.29, 1.82) is 0 Å². The Balaban J connectivity index is 1.69. The third-order valence-electron chi connectivity index (χ3n) is 4.62. The highest BCUT2D eigenvalue weighted by Crippen LogP contribution is 2.26. The highest BCUT2D eigenvalue weighted by Gasteiger charge is 2.31. The van der Waals surface area contributed by atoms with Crippen LogP contribution in [0.15, 0.2) is 30.3 Å². The first-order valence-corrected chi connectivity index (χ1v) is 10.3. The van der Waals surface area contributed by atoms with Crippen LogP contribution in [0.1, 0.15) is 70.8 Å². The van der Waals surface area contributed by atoms with Crippen molar-refractivity contribution >= 4 is 5.97 Å². The molecule has 1 heterocycles. The van der Waals surface area contributed by atoms with E-state index in [1.807, 2.05) is 18.2 Å². The number of ether oxygens (including phenoxy) is 4. The molecule has 0 N–H and O–H groups in total. The minimum absolute atomic E-state index is 0.0928. The van der Waals surface area contributed by atoms with Crippen molar-refractivity contribution in [1.82, 2.24) is 0 Å². The Morgan fingerprint density at radius 3 is 2.63 bits per heavy atom. The van der Waals surface area contributed by atoms with Gasteiger partial charge in [0.1, 0.15) is 0 Å². The van der Waals surface area contributed by atoms with Crippen molar-refractivity contribution in [2.45, 2.75) is 90.5 Å². The van der Waals surface area contributed by atoms with Crippen LogP contribution in [0, 0.1) is 0 Å². The van der Waals surface area contributed by atoms with Crippen LogP contribution < -0.4 is 0 Å². The molecule has 152 valence electrons. The van der Waals surface area contributed by atoms with Crippen molar-refractivity contribution < 1.29 is 23.7 Å². The van der Waals surface area contributed by atoms with E-state index >= 15 is 0 Å². The molecule has 0 aliphatic carbocycles. The second-order valence-corrected chi connectivity index (χ2v) is 7.13. The van der Waals surface area contributed by atoms with Crippen molar-refractivity contribution in [3.63, 3.8) is 0 Å². The van der Waals surface area contributed by atoms with Gasteiger partial charge in [-0.25, -0.2) is 0 Å². The molecule has 2 rings (SSSR count). The Hall–Kier alpha value is -1.43. The lowest BCUT2D eigenvalue weighted by molar-refractivity contribution is -0.300. The van der Waals surface area contributed by atoms with Crippen molar-refractivity contribution in [3.05, 3.63) is 35.9 Å². The lowest BCUT2D eigenvalue weighted by atomic mass is 10.1. The van der Waals surface area contributed by atoms with Gasteiger partial charge in [0.15, 0.2) is 6.29 Å². The molecule has 5 nitrogen and oxygen atoms in total. The van der Waals surface area contributed by atoms with Gasteiger partial charge in [-0.3, -0.25) is 4.79 Å². The molecule has 0 radical (unpaired) electrons. The molecule has 0 aromatic heterocycles. The van der Waals surface area contributed by atoms with E-state index in [2.05, 4.69) is 19.1 Å². The average Bonchev–Trinajstić information content (AvgIpc) is 2.65. The standard InChI is InChI=1S/C22H34O5/c1-3-4-5-9-13-20-16-22(25-18(2)23)27-21(26-20)14-10-15-24-17-19-11-7-6-8-12-19/h6-8,11-12,20-22H,3-5,9-10,13-17H2,1-2H3/t20-,21-,22-/m0/s1. The molecule has 1 saturated heterocycles. The van der Waals surface area contributed by atoms with Crippen LogP contribution in [-0.2, 0) is 30.3 Å². The molecule has 0 spiro atoms. The Labute approximate surface area is 163 Å². The van der Waals surface area contributed by atoms with E-state index in [-0.39, 0.29) is 18.4 Å². The maximum atomic E-state index is 11.3. The number of esters is 1. The normalized spacial score (nSPS) is 22.5. The third kappa shape index (κ3) is 9.36. The highest BCUT2D eigenvalue weighted by molar-refractivity contribution is 5.66. The van der Waals surface area contributed by atoms with Gasteiger partial charge in [0.2, 0.25) is 6.29 Å². The monoisotopic (exact) mass is 378 g/mol. The summed E-state index contributed by atoms with van der Waals surface area (Å²) in [4.78, 5) is 11.3. The fraction of sp³-hybridized carbons (Fsp3) is 0.682. The first-order chi connectivity index (χ1) is 13.2. The molecule has 1 aliphatic rings. The minimum Gasteiger partial charge on any atom is -0.436 e. The molecule has 1 aromatic carbocycles. The molecule has 3 atom stereocenters. The average molecular weight is 379 g/mol. The van der Waals surface area contributed by atoms with Gasteiger partial charge in [0, 0.05) is 26.4 Å². The fourth-order valence-electron chi connectivity index (χ4n) is 3.24. The number of hydrogen-bond donors (Lipinski definition) is 0. The van der Waals surface area contributed by atoms with E-state index < -0.39 is 6.29 Å². The summed E-state index contributed by atoms with van der Waals surface area (Å²) in [7, 11) is 0. The number of carbonyl (C=O) groups excluding carboxylic acids is 1. The van der Waals surface area contributed by atoms with Crippen molar-refractivity contribution in [3.8, 4) is 0 Å². The predicted molar refractivity (Wildman–Crippen MR) is 104 cm³/mol. The molecule has 0 unspecified atom stereocenters. The van der Waals surface area contributed by atoms with Crippen molar-refractivity contribution in [2.24, 2.45) is 0 Å². The van der Waals surface area contributed by atoms with Gasteiger partial charge in [-0.1, -0.05) is 62.9 Å². The molecule has 1 fully saturated rings. The molecular weight excluding hydrogens is 344 g/mol. The van der Waals surface area contributed by atoms with Crippen LogP contribution in [0.4, 0.5) is 0 Å². The van der Waals surface area contributed by atoms with Gasteiger partial charge in [0.25, 0.3) is 0 Å². The second kappa shape index (κ2) is 12.9. The largest absolute Gasteiger partial charge is 0.436 e. The maximum absolute atomic E-state index is 11.3. The molecule has 0 bridgehead atoms. The summed E-state index contributed by atoms with van der Waals surface area (Å²) in [6.45, 7) is 4.89. The summed E-state index contributed by atoms with van der Waals surface area (Å²) >= 11 is 0. The van der Waals surface area contributed by atoms with Crippen LogP contribution in [0.25, 0.3) is 0 Å². The summed E-state index contributed by atoms with van der Waals surface area (Å²) in [5.74, 6) is -0.309. The molecule has 1 aliphatic heterocycles. The smallest absolute Gasteiger partial charge is 0.304 e. The summed E-state index contributed by atoms with van der Waals surface area (Å²) in [6.07, 6.45) is 7.26. The maximum Gasteiger partial charge on any atom is 0.304 e. The van der Waals surface area contributed by atoms with Crippen LogP contribution >= 0.6 is 0 Å². The number of rotatable bonds is 12. The zero-order valence-corrected chi connectivity index (χ0v) is 16.7. The van der Waals surface area contributed by atoms with Gasteiger partial charge in [0.05, 0.1) is 12.7 Å². The van der Waals surface area contributed by atoms with E-state index in [1.165, 1.54) is 31.7 Å². The molecule has 5 heteroatoms. The van der Waals surface area contributed by atoms with E-state index in [0.29, 0.717) is 19.6 Å². The lowest BCUT2D eigenvalue weighted by Gasteiger charge is -2.35. The molecule has 1 aromatic rings. The molecule has 0 saturated carbocycles. The number of unbranched alkanes of at least 4 members (excludes halogenated alkanes) is 3. The Morgan fingerprint density at radius 2 is 1.89 bits per heavy atom. The summed E-state index contributed by atoms with van der Waals surface area (Å²) in [5.41, 5.74) is 1.17. The van der Waals surface area contributed by atoms with Gasteiger partial charge < -0.3 is 18.9 Å². The number of carbonyl (C=O) groups is 1. The zero-order chi connectivity index (χ0) is 19.3. The fourth-order valence-corrected chi connectivity index (χ4v) is 3.24. The van der Waals surface area contributed by atoms with E-state index in [4.69, 9.17) is 18.9 Å². The lowest BCUT2D eigenvalue weighted by Crippen LogP contribution is -2.40. The first kappa shape index (κ1) is 21.9. The Morgan fingerprint density at radius 1 is 1.07 bits per heavy atom. The molecule has 0 amide bonds. The van der Waals surface area contributed by atoms with E-state index in [0.717, 1.165) is 25.7 Å². The Bertz CT molecular complexity index is 519. The summed E-state index contributed by atoms with van der Waals surface area (Å²) < 4.78 is 22.9. The van der Waals surface area contributed by atoms with Gasteiger partial charge in [-0.15, -0.1) is 0 Å². The van der Waals surface area contributed by atoms with Gasteiger partial charge >= 0.3 is 5.97 Å². The van der Waals surface area contributed by atoms with Crippen LogP contribution in [-0.4, -0.2) is 31.3 Å². The van der Waals surface area contributed by atoms with Crippen molar-refractivity contribution in [2.75, 3.05) is 6.61 Å². The quantitative estimate of drug-likeness (QED) is 0.379. The number of benzene rings is 1. The highest BCUT2D eigenvalue weighted by atomic mass is 16.8. The zero-order valence-electron chi connectivity index (χ0n) is 16.7. The second-order valence-electron chi connectivity index (χ2n) is 7.13. The van der Waals surface area contributed by atoms with E-state index in [1.54, 1.807) is 0 Å². The summed E-state index contributed by atoms with van der Waals surface area (Å²) in [6, 6.07) is 10.1. The number of hydrogen-bond acceptors (Lipinski definition) is 5. The third-order valence-corrected chi connectivity index (χ3v) is 4.62. The van der Waals surface area contributed by atoms with E-state index in [9.17, 15) is 4.79 Å². The Kier molecular flexibility index (Phi) is 10.4. The van der Waals surface area contributed by atoms with Gasteiger partial charge in [-0.05, 0) is 18.4 Å². The topological polar surface area (TPSA) is 54.0 Å². The minimum atomic E-state index is -0.498. The molecular formula is C22H34O5. The van der Waals surface area contributed by atoms with Crippen LogP contribution in [0.5, 0.6) is 0 Å². The van der Waals surface area contributed by atoms with Crippen LogP contribution in [0.2, 0.25) is 0 Å². The van der Waals surface area contributed by atoms with Gasteiger partial charge in [-0.2, -0.15) is 0 Å². The summed E-state index contributed by atoms with van der Waals surface area (Å²) in [5, 5.41) is 0. The molecule has 27 heavy (non-hydrogen) atoms. The SMILES string of the molecule is CCCCCC[C@H]1C[C@@H](OC(C)=O)O[C@@H](CCCOCc2ccccc2)O1. The first-order valence-electron chi connectivity index (χ1n) is 10.3. The predicted octanol–water partition coefficient (Wildman–Crippen LogP) is 4.97. The van der Waals surface area contributed by atoms with Crippen LogP contribution in [0.3, 0.4) is 0 Å².